The van der Waals surface area contributed by atoms with Crippen LogP contribution in [0.2, 0.25) is 0 Å². The summed E-state index contributed by atoms with van der Waals surface area (Å²) >= 11 is 0. The number of carbonyl (C=O) groups excluding carboxylic acids is 1. The van der Waals surface area contributed by atoms with E-state index in [1.54, 1.807) is 18.2 Å². The summed E-state index contributed by atoms with van der Waals surface area (Å²) in [5.74, 6) is -0.299. The summed E-state index contributed by atoms with van der Waals surface area (Å²) in [6, 6.07) is 21.4. The molecule has 9 heteroatoms. The van der Waals surface area contributed by atoms with E-state index in [2.05, 4.69) is 20.0 Å². The fraction of sp³-hybridized carbons (Fsp3) is 0.0800. The molecule has 3 aromatic carbocycles. The van der Waals surface area contributed by atoms with Gasteiger partial charge in [0.1, 0.15) is 5.82 Å². The lowest BCUT2D eigenvalue weighted by molar-refractivity contribution is 0.0950. The molecule has 0 aliphatic heterocycles. The largest absolute Gasteiger partial charge is 0.348 e. The first kappa shape index (κ1) is 23.2. The zero-order chi connectivity index (χ0) is 24.0. The predicted molar refractivity (Wildman–Crippen MR) is 126 cm³/mol. The number of nitrogens with zero attached hydrogens (tertiary/aromatic N) is 2. The maximum absolute atomic E-state index is 13.3. The van der Waals surface area contributed by atoms with Gasteiger partial charge in [0, 0.05) is 31.0 Å². The Morgan fingerprint density at radius 1 is 0.824 bits per heavy atom. The Morgan fingerprint density at radius 3 is 2.21 bits per heavy atom. The zero-order valence-electron chi connectivity index (χ0n) is 18.0. The SMILES string of the molecule is O=C(NCc1cccc(S(=O)(=O)NCc2cccc(F)c2)c1)c1cnc(-c2ccccc2)nc1. The van der Waals surface area contributed by atoms with Crippen LogP contribution in [0.15, 0.2) is 96.2 Å². The van der Waals surface area contributed by atoms with Crippen molar-refractivity contribution >= 4 is 15.9 Å². The van der Waals surface area contributed by atoms with Gasteiger partial charge in [-0.15, -0.1) is 0 Å². The lowest BCUT2D eigenvalue weighted by atomic mass is 10.2. The van der Waals surface area contributed by atoms with E-state index in [1.165, 1.54) is 42.7 Å². The van der Waals surface area contributed by atoms with Crippen molar-refractivity contribution in [3.63, 3.8) is 0 Å². The maximum Gasteiger partial charge on any atom is 0.254 e. The molecule has 2 N–H and O–H groups in total. The summed E-state index contributed by atoms with van der Waals surface area (Å²) in [4.78, 5) is 21.0. The van der Waals surface area contributed by atoms with Gasteiger partial charge in [0.05, 0.1) is 10.5 Å². The van der Waals surface area contributed by atoms with E-state index >= 15 is 0 Å². The van der Waals surface area contributed by atoms with Crippen LogP contribution < -0.4 is 10.0 Å². The molecule has 4 rings (SSSR count). The van der Waals surface area contributed by atoms with E-state index in [4.69, 9.17) is 0 Å². The molecule has 0 radical (unpaired) electrons. The first-order valence-electron chi connectivity index (χ1n) is 10.4. The highest BCUT2D eigenvalue weighted by atomic mass is 32.2. The second kappa shape index (κ2) is 10.3. The summed E-state index contributed by atoms with van der Waals surface area (Å²) < 4.78 is 41.1. The predicted octanol–water partition coefficient (Wildman–Crippen LogP) is 3.69. The van der Waals surface area contributed by atoms with Gasteiger partial charge in [-0.05, 0) is 35.4 Å². The summed E-state index contributed by atoms with van der Waals surface area (Å²) in [5.41, 5.74) is 2.25. The molecule has 0 aliphatic carbocycles. The molecule has 172 valence electrons. The summed E-state index contributed by atoms with van der Waals surface area (Å²) in [6.07, 6.45) is 2.89. The number of aromatic nitrogens is 2. The smallest absolute Gasteiger partial charge is 0.254 e. The first-order chi connectivity index (χ1) is 16.4. The van der Waals surface area contributed by atoms with Crippen molar-refractivity contribution in [2.24, 2.45) is 0 Å². The number of benzene rings is 3. The first-order valence-corrected chi connectivity index (χ1v) is 11.9. The minimum Gasteiger partial charge on any atom is -0.348 e. The molecule has 0 saturated carbocycles. The van der Waals surface area contributed by atoms with Crippen molar-refractivity contribution in [3.8, 4) is 11.4 Å². The maximum atomic E-state index is 13.3. The van der Waals surface area contributed by atoms with Gasteiger partial charge in [0.25, 0.3) is 5.91 Å². The van der Waals surface area contributed by atoms with Crippen LogP contribution in [0, 0.1) is 5.82 Å². The van der Waals surface area contributed by atoms with Crippen LogP contribution in [0.5, 0.6) is 0 Å². The summed E-state index contributed by atoms with van der Waals surface area (Å²) in [6.45, 7) is 0.0760. The van der Waals surface area contributed by atoms with Crippen LogP contribution >= 0.6 is 0 Å². The molecule has 0 bridgehead atoms. The van der Waals surface area contributed by atoms with Crippen molar-refractivity contribution in [2.75, 3.05) is 0 Å². The average molecular weight is 477 g/mol. The molecular weight excluding hydrogens is 455 g/mol. The highest BCUT2D eigenvalue weighted by molar-refractivity contribution is 7.89. The van der Waals surface area contributed by atoms with E-state index in [0.717, 1.165) is 5.56 Å². The number of hydrogen-bond donors (Lipinski definition) is 2. The van der Waals surface area contributed by atoms with Gasteiger partial charge >= 0.3 is 0 Å². The standard InChI is InChI=1S/C25H21FN4O3S/c26-22-10-4-6-18(12-22)15-30-34(32,33)23-11-5-7-19(13-23)14-29-25(31)21-16-27-24(28-17-21)20-8-2-1-3-9-20/h1-13,16-17,30H,14-15H2,(H,29,31). The molecule has 0 atom stereocenters. The van der Waals surface area contributed by atoms with Crippen molar-refractivity contribution in [2.45, 2.75) is 18.0 Å². The Morgan fingerprint density at radius 2 is 1.50 bits per heavy atom. The molecule has 0 unspecified atom stereocenters. The lowest BCUT2D eigenvalue weighted by Gasteiger charge is -2.10. The van der Waals surface area contributed by atoms with Crippen LogP contribution in [0.25, 0.3) is 11.4 Å². The van der Waals surface area contributed by atoms with Gasteiger partial charge in [-0.25, -0.2) is 27.5 Å². The normalized spacial score (nSPS) is 11.2. The Hall–Kier alpha value is -3.95. The minimum absolute atomic E-state index is 0.0416. The van der Waals surface area contributed by atoms with E-state index in [9.17, 15) is 17.6 Å². The second-order valence-electron chi connectivity index (χ2n) is 7.45. The third kappa shape index (κ3) is 5.89. The molecular formula is C25H21FN4O3S. The molecule has 1 aromatic heterocycles. The van der Waals surface area contributed by atoms with Gasteiger partial charge < -0.3 is 5.32 Å². The Labute approximate surface area is 196 Å². The molecule has 4 aromatic rings. The quantitative estimate of drug-likeness (QED) is 0.404. The molecule has 0 spiro atoms. The summed E-state index contributed by atoms with van der Waals surface area (Å²) in [7, 11) is -3.82. The van der Waals surface area contributed by atoms with Crippen LogP contribution in [0.1, 0.15) is 21.5 Å². The van der Waals surface area contributed by atoms with Crippen molar-refractivity contribution < 1.29 is 17.6 Å². The van der Waals surface area contributed by atoms with Crippen LogP contribution in [0.4, 0.5) is 4.39 Å². The van der Waals surface area contributed by atoms with Crippen molar-refractivity contribution in [3.05, 3.63) is 114 Å². The van der Waals surface area contributed by atoms with Crippen molar-refractivity contribution in [1.82, 2.24) is 20.0 Å². The topological polar surface area (TPSA) is 101 Å². The Kier molecular flexibility index (Phi) is 7.05. The van der Waals surface area contributed by atoms with E-state index < -0.39 is 15.8 Å². The third-order valence-electron chi connectivity index (χ3n) is 4.96. The van der Waals surface area contributed by atoms with E-state index in [0.29, 0.717) is 22.5 Å². The average Bonchev–Trinajstić information content (AvgIpc) is 2.87. The van der Waals surface area contributed by atoms with Gasteiger partial charge in [-0.3, -0.25) is 4.79 Å². The number of amides is 1. The number of nitrogens with one attached hydrogen (secondary N) is 2. The lowest BCUT2D eigenvalue weighted by Crippen LogP contribution is -2.25. The molecule has 7 nitrogen and oxygen atoms in total. The molecule has 1 heterocycles. The number of hydrogen-bond acceptors (Lipinski definition) is 5. The van der Waals surface area contributed by atoms with Crippen LogP contribution in [0.3, 0.4) is 0 Å². The monoisotopic (exact) mass is 476 g/mol. The summed E-state index contributed by atoms with van der Waals surface area (Å²) in [5, 5.41) is 2.74. The molecule has 0 aliphatic rings. The number of halogens is 1. The third-order valence-corrected chi connectivity index (χ3v) is 6.36. The fourth-order valence-corrected chi connectivity index (χ4v) is 4.28. The molecule has 0 saturated heterocycles. The Bertz CT molecular complexity index is 1400. The number of rotatable bonds is 8. The Balaban J connectivity index is 1.38. The second-order valence-corrected chi connectivity index (χ2v) is 9.21. The highest BCUT2D eigenvalue weighted by Crippen LogP contribution is 2.15. The van der Waals surface area contributed by atoms with Crippen molar-refractivity contribution in [1.29, 1.82) is 0 Å². The van der Waals surface area contributed by atoms with E-state index in [1.807, 2.05) is 30.3 Å². The molecule has 1 amide bonds. The minimum atomic E-state index is -3.82. The molecule has 34 heavy (non-hydrogen) atoms. The zero-order valence-corrected chi connectivity index (χ0v) is 18.8. The number of carbonyl (C=O) groups is 1. The highest BCUT2D eigenvalue weighted by Gasteiger charge is 2.15. The van der Waals surface area contributed by atoms with Gasteiger partial charge in [-0.1, -0.05) is 54.6 Å². The van der Waals surface area contributed by atoms with Gasteiger partial charge in [0.2, 0.25) is 10.0 Å². The molecule has 0 fully saturated rings. The van der Waals surface area contributed by atoms with Gasteiger partial charge in [0.15, 0.2) is 5.82 Å². The fourth-order valence-electron chi connectivity index (χ4n) is 3.20. The van der Waals surface area contributed by atoms with E-state index in [-0.39, 0.29) is 23.9 Å². The van der Waals surface area contributed by atoms with Gasteiger partial charge in [-0.2, -0.15) is 0 Å². The van der Waals surface area contributed by atoms with Crippen LogP contribution in [-0.4, -0.2) is 24.3 Å². The number of sulfonamides is 1. The van der Waals surface area contributed by atoms with Crippen LogP contribution in [-0.2, 0) is 23.1 Å².